The van der Waals surface area contributed by atoms with E-state index in [1.165, 1.54) is 6.08 Å². The van der Waals surface area contributed by atoms with Gasteiger partial charge in [0.15, 0.2) is 6.61 Å². The van der Waals surface area contributed by atoms with Crippen LogP contribution in [0, 0.1) is 11.3 Å². The monoisotopic (exact) mass is 230 g/mol. The number of rotatable bonds is 6. The molecule has 0 aliphatic rings. The Kier molecular flexibility index (Phi) is 5.53. The lowest BCUT2D eigenvalue weighted by Gasteiger charge is -2.23. The summed E-state index contributed by atoms with van der Waals surface area (Å²) in [6.07, 6.45) is 1.93. The summed E-state index contributed by atoms with van der Waals surface area (Å²) in [6.45, 7) is 2.57. The minimum atomic E-state index is 0.00565. The van der Waals surface area contributed by atoms with Crippen LogP contribution in [0.3, 0.4) is 0 Å². The molecule has 0 aromatic heterocycles. The summed E-state index contributed by atoms with van der Waals surface area (Å²) in [4.78, 5) is 15.5. The maximum atomic E-state index is 10.2. The van der Waals surface area contributed by atoms with Crippen LogP contribution in [0.4, 0.5) is 5.69 Å². The molecule has 0 saturated carbocycles. The molecule has 88 valence electrons. The van der Waals surface area contributed by atoms with Gasteiger partial charge in [0.1, 0.15) is 5.94 Å². The number of para-hydroxylation sites is 1. The number of nitrogens with zero attached hydrogens (tertiary/aromatic N) is 2. The van der Waals surface area contributed by atoms with Gasteiger partial charge < -0.3 is 0 Å². The van der Waals surface area contributed by atoms with E-state index in [-0.39, 0.29) is 6.61 Å². The van der Waals surface area contributed by atoms with E-state index in [1.54, 1.807) is 11.0 Å². The van der Waals surface area contributed by atoms with Crippen molar-refractivity contribution in [2.45, 2.75) is 13.3 Å². The fourth-order valence-corrected chi connectivity index (χ4v) is 1.52. The predicted octanol–water partition coefficient (Wildman–Crippen LogP) is 1.90. The van der Waals surface area contributed by atoms with E-state index in [2.05, 4.69) is 0 Å². The molecule has 0 aliphatic carbocycles. The Balaban J connectivity index is 2.93. The quantitative estimate of drug-likeness (QED) is 0.553. The molecule has 1 aromatic carbocycles. The van der Waals surface area contributed by atoms with Crippen LogP contribution in [-0.2, 0) is 16.1 Å². The predicted molar refractivity (Wildman–Crippen MR) is 65.0 cm³/mol. The molecule has 0 N–H and O–H groups in total. The van der Waals surface area contributed by atoms with E-state index < -0.39 is 0 Å². The Morgan fingerprint density at radius 3 is 2.88 bits per heavy atom. The van der Waals surface area contributed by atoms with Crippen LogP contribution in [0.15, 0.2) is 30.3 Å². The first-order valence-corrected chi connectivity index (χ1v) is 5.38. The Hall–Kier alpha value is -2.08. The zero-order chi connectivity index (χ0) is 12.5. The largest absolute Gasteiger partial charge is 0.258 e. The van der Waals surface area contributed by atoms with Gasteiger partial charge in [-0.2, -0.15) is 5.26 Å². The topological polar surface area (TPSA) is 53.3 Å². The van der Waals surface area contributed by atoms with E-state index in [0.29, 0.717) is 13.0 Å². The van der Waals surface area contributed by atoms with E-state index in [0.717, 1.165) is 11.3 Å². The van der Waals surface area contributed by atoms with Crippen LogP contribution >= 0.6 is 0 Å². The molecule has 0 spiro atoms. The summed E-state index contributed by atoms with van der Waals surface area (Å²) in [5.41, 5.74) is 1.84. The van der Waals surface area contributed by atoms with Crippen molar-refractivity contribution < 1.29 is 9.63 Å². The molecule has 4 nitrogen and oxygen atoms in total. The minimum Gasteiger partial charge on any atom is -0.258 e. The van der Waals surface area contributed by atoms with Gasteiger partial charge in [-0.1, -0.05) is 18.2 Å². The molecule has 0 atom stereocenters. The Morgan fingerprint density at radius 2 is 2.24 bits per heavy atom. The second kappa shape index (κ2) is 7.24. The Bertz CT molecular complexity index is 445. The van der Waals surface area contributed by atoms with Gasteiger partial charge in [-0.3, -0.25) is 9.90 Å². The molecule has 4 heteroatoms. The summed E-state index contributed by atoms with van der Waals surface area (Å²) < 4.78 is 0. The Labute approximate surface area is 101 Å². The lowest BCUT2D eigenvalue weighted by Crippen LogP contribution is -2.24. The number of anilines is 1. The third-order valence-electron chi connectivity index (χ3n) is 2.24. The van der Waals surface area contributed by atoms with Gasteiger partial charge in [-0.05, 0) is 18.6 Å². The molecular weight excluding hydrogens is 216 g/mol. The van der Waals surface area contributed by atoms with Crippen molar-refractivity contribution in [1.29, 1.82) is 5.26 Å². The van der Waals surface area contributed by atoms with Crippen LogP contribution in [0.2, 0.25) is 0 Å². The lowest BCUT2D eigenvalue weighted by molar-refractivity contribution is 0.140. The maximum absolute atomic E-state index is 10.2. The zero-order valence-electron chi connectivity index (χ0n) is 9.72. The minimum absolute atomic E-state index is 0.00565. The van der Waals surface area contributed by atoms with Gasteiger partial charge in [0.25, 0.3) is 0 Å². The molecule has 0 unspecified atom stereocenters. The smallest absolute Gasteiger partial charge is 0.161 e. The third-order valence-corrected chi connectivity index (χ3v) is 2.24. The van der Waals surface area contributed by atoms with E-state index in [9.17, 15) is 4.79 Å². The number of carbonyl (C=O) groups excluding carboxylic acids is 1. The number of hydroxylamine groups is 1. The van der Waals surface area contributed by atoms with Crippen molar-refractivity contribution in [2.75, 3.05) is 18.2 Å². The van der Waals surface area contributed by atoms with Gasteiger partial charge in [0.05, 0.1) is 11.8 Å². The van der Waals surface area contributed by atoms with Crippen LogP contribution in [-0.4, -0.2) is 19.1 Å². The second-order valence-corrected chi connectivity index (χ2v) is 3.28. The normalized spacial score (nSPS) is 9.18. The number of nitriles is 1. The van der Waals surface area contributed by atoms with Crippen molar-refractivity contribution in [3.63, 3.8) is 0 Å². The van der Waals surface area contributed by atoms with Crippen molar-refractivity contribution in [1.82, 2.24) is 0 Å². The molecule has 0 bridgehead atoms. The van der Waals surface area contributed by atoms with Crippen molar-refractivity contribution >= 4 is 11.6 Å². The molecule has 0 heterocycles. The van der Waals surface area contributed by atoms with Crippen molar-refractivity contribution in [3.8, 4) is 6.07 Å². The van der Waals surface area contributed by atoms with Crippen molar-refractivity contribution in [3.05, 3.63) is 35.9 Å². The first-order valence-electron chi connectivity index (χ1n) is 5.38. The standard InChI is InChI=1S/C13H14N2O2/c1-2-15(17-11-9-14)13-8-4-3-6-12(13)7-5-10-16/h3-6,8H,2,7,11H2,1H3. The molecular formula is C13H14N2O2. The fourth-order valence-electron chi connectivity index (χ4n) is 1.52. The first-order chi connectivity index (χ1) is 8.33. The van der Waals surface area contributed by atoms with Crippen LogP contribution in [0.5, 0.6) is 0 Å². The Morgan fingerprint density at radius 1 is 1.47 bits per heavy atom. The number of allylic oxidation sites excluding steroid dienone is 1. The number of benzene rings is 1. The molecule has 1 aromatic rings. The molecule has 17 heavy (non-hydrogen) atoms. The average Bonchev–Trinajstić information content (AvgIpc) is 2.38. The highest BCUT2D eigenvalue weighted by Crippen LogP contribution is 2.21. The first kappa shape index (κ1) is 13.0. The average molecular weight is 230 g/mol. The maximum Gasteiger partial charge on any atom is 0.161 e. The highest BCUT2D eigenvalue weighted by molar-refractivity contribution is 5.55. The van der Waals surface area contributed by atoms with Crippen LogP contribution in [0.1, 0.15) is 12.5 Å². The number of hydrogen-bond donors (Lipinski definition) is 0. The molecule has 0 aliphatic heterocycles. The summed E-state index contributed by atoms with van der Waals surface area (Å²) in [5, 5.41) is 10.2. The molecule has 0 saturated heterocycles. The third kappa shape index (κ3) is 3.76. The summed E-state index contributed by atoms with van der Waals surface area (Å²) in [7, 11) is 0. The zero-order valence-corrected chi connectivity index (χ0v) is 9.72. The van der Waals surface area contributed by atoms with Gasteiger partial charge >= 0.3 is 0 Å². The lowest BCUT2D eigenvalue weighted by atomic mass is 10.1. The fraction of sp³-hybridized carbons (Fsp3) is 0.308. The van der Waals surface area contributed by atoms with Crippen molar-refractivity contribution in [2.24, 2.45) is 0 Å². The van der Waals surface area contributed by atoms with E-state index >= 15 is 0 Å². The SMILES string of the molecule is CCN(OCC#N)c1ccccc1CC=C=O. The van der Waals surface area contributed by atoms with Gasteiger partial charge in [-0.25, -0.2) is 4.79 Å². The second-order valence-electron chi connectivity index (χ2n) is 3.28. The van der Waals surface area contributed by atoms with E-state index in [1.807, 2.05) is 37.3 Å². The van der Waals surface area contributed by atoms with Crippen LogP contribution in [0.25, 0.3) is 0 Å². The molecule has 1 rings (SSSR count). The van der Waals surface area contributed by atoms with Crippen LogP contribution < -0.4 is 5.06 Å². The summed E-state index contributed by atoms with van der Waals surface area (Å²) in [6, 6.07) is 9.54. The van der Waals surface area contributed by atoms with Gasteiger partial charge in [-0.15, -0.1) is 0 Å². The molecule has 0 fully saturated rings. The highest BCUT2D eigenvalue weighted by Gasteiger charge is 2.08. The highest BCUT2D eigenvalue weighted by atomic mass is 16.7. The molecule has 0 amide bonds. The number of hydrogen-bond acceptors (Lipinski definition) is 4. The summed E-state index contributed by atoms with van der Waals surface area (Å²) >= 11 is 0. The van der Waals surface area contributed by atoms with Gasteiger partial charge in [0, 0.05) is 19.0 Å². The summed E-state index contributed by atoms with van der Waals surface area (Å²) in [5.74, 6) is 1.76. The molecule has 0 radical (unpaired) electrons. The van der Waals surface area contributed by atoms with E-state index in [4.69, 9.17) is 10.1 Å². The van der Waals surface area contributed by atoms with Gasteiger partial charge in [0.2, 0.25) is 0 Å².